The van der Waals surface area contributed by atoms with E-state index in [2.05, 4.69) is 4.90 Å². The fraction of sp³-hybridized carbons (Fsp3) is 0.259. The number of hydrogen-bond donors (Lipinski definition) is 0. The standard InChI is InChI=1S/C27H27FN4O2S/c1-30(27(33)26-12-7-15-35-26)18-22-20-17-31(16-19-8-3-4-9-21(19)28)14-13-23(20)32(29-22)24-10-5-6-11-25(24)34-2/h3-12,15H,13-14,16-18H2,1-2H3. The van der Waals surface area contributed by atoms with Crippen LogP contribution in [0.4, 0.5) is 4.39 Å². The summed E-state index contributed by atoms with van der Waals surface area (Å²) in [7, 11) is 3.45. The van der Waals surface area contributed by atoms with Crippen LogP contribution in [0.15, 0.2) is 66.0 Å². The summed E-state index contributed by atoms with van der Waals surface area (Å²) in [5.41, 5.74) is 4.58. The molecule has 2 aromatic carbocycles. The molecule has 0 atom stereocenters. The van der Waals surface area contributed by atoms with Gasteiger partial charge in [-0.05, 0) is 29.6 Å². The second kappa shape index (κ2) is 10.0. The van der Waals surface area contributed by atoms with Crippen LogP contribution in [0.25, 0.3) is 5.69 Å². The van der Waals surface area contributed by atoms with Gasteiger partial charge in [0.25, 0.3) is 5.91 Å². The fourth-order valence-electron chi connectivity index (χ4n) is 4.56. The van der Waals surface area contributed by atoms with Gasteiger partial charge in [0.1, 0.15) is 17.3 Å². The van der Waals surface area contributed by atoms with Crippen LogP contribution in [0.5, 0.6) is 5.75 Å². The number of fused-ring (bicyclic) bond motifs is 1. The molecule has 6 nitrogen and oxygen atoms in total. The predicted molar refractivity (Wildman–Crippen MR) is 134 cm³/mol. The first-order chi connectivity index (χ1) is 17.0. The van der Waals surface area contributed by atoms with Crippen molar-refractivity contribution in [2.24, 2.45) is 0 Å². The van der Waals surface area contributed by atoms with Crippen LogP contribution in [0.2, 0.25) is 0 Å². The predicted octanol–water partition coefficient (Wildman–Crippen LogP) is 4.91. The number of carbonyl (C=O) groups is 1. The average Bonchev–Trinajstić information content (AvgIpc) is 3.54. The Hall–Kier alpha value is -3.49. The number of amides is 1. The van der Waals surface area contributed by atoms with Crippen molar-refractivity contribution in [3.63, 3.8) is 0 Å². The maximum Gasteiger partial charge on any atom is 0.264 e. The third-order valence-electron chi connectivity index (χ3n) is 6.35. The highest BCUT2D eigenvalue weighted by Gasteiger charge is 2.28. The number of benzene rings is 2. The quantitative estimate of drug-likeness (QED) is 0.369. The van der Waals surface area contributed by atoms with E-state index in [9.17, 15) is 9.18 Å². The Morgan fingerprint density at radius 2 is 1.94 bits per heavy atom. The normalized spacial score (nSPS) is 13.5. The van der Waals surface area contributed by atoms with Crippen molar-refractivity contribution in [2.75, 3.05) is 20.7 Å². The zero-order valence-corrected chi connectivity index (χ0v) is 20.6. The zero-order chi connectivity index (χ0) is 24.4. The highest BCUT2D eigenvalue weighted by atomic mass is 32.1. The van der Waals surface area contributed by atoms with E-state index < -0.39 is 0 Å². The number of para-hydroxylation sites is 2. The van der Waals surface area contributed by atoms with Gasteiger partial charge in [0.2, 0.25) is 0 Å². The van der Waals surface area contributed by atoms with Crippen molar-refractivity contribution in [1.29, 1.82) is 0 Å². The highest BCUT2D eigenvalue weighted by Crippen LogP contribution is 2.31. The van der Waals surface area contributed by atoms with Gasteiger partial charge in [0.05, 0.1) is 29.9 Å². The maximum atomic E-state index is 14.3. The Balaban J connectivity index is 1.49. The van der Waals surface area contributed by atoms with Gasteiger partial charge < -0.3 is 9.64 Å². The summed E-state index contributed by atoms with van der Waals surface area (Å²) < 4.78 is 21.9. The number of carbonyl (C=O) groups excluding carboxylic acids is 1. The van der Waals surface area contributed by atoms with Gasteiger partial charge in [0, 0.05) is 44.2 Å². The Bertz CT molecular complexity index is 1330. The molecular weight excluding hydrogens is 463 g/mol. The van der Waals surface area contributed by atoms with Crippen LogP contribution in [-0.2, 0) is 26.1 Å². The molecule has 0 spiro atoms. The number of aromatic nitrogens is 2. The summed E-state index contributed by atoms with van der Waals surface area (Å²) in [6.45, 7) is 2.32. The molecule has 2 aromatic heterocycles. The van der Waals surface area contributed by atoms with Crippen LogP contribution in [0, 0.1) is 5.82 Å². The molecule has 0 N–H and O–H groups in total. The molecule has 0 bridgehead atoms. The van der Waals surface area contributed by atoms with Crippen molar-refractivity contribution in [2.45, 2.75) is 26.1 Å². The molecule has 5 rings (SSSR count). The average molecular weight is 491 g/mol. The van der Waals surface area contributed by atoms with Gasteiger partial charge in [-0.3, -0.25) is 9.69 Å². The van der Waals surface area contributed by atoms with E-state index in [0.717, 1.165) is 41.4 Å². The van der Waals surface area contributed by atoms with Crippen LogP contribution in [-0.4, -0.2) is 46.2 Å². The molecule has 1 aliphatic heterocycles. The van der Waals surface area contributed by atoms with E-state index in [4.69, 9.17) is 9.84 Å². The van der Waals surface area contributed by atoms with Crippen molar-refractivity contribution in [3.8, 4) is 11.4 Å². The molecule has 1 amide bonds. The molecule has 8 heteroatoms. The Morgan fingerprint density at radius 3 is 2.71 bits per heavy atom. The van der Waals surface area contributed by atoms with Crippen LogP contribution >= 0.6 is 11.3 Å². The second-order valence-corrected chi connectivity index (χ2v) is 9.59. The minimum Gasteiger partial charge on any atom is -0.494 e. The van der Waals surface area contributed by atoms with E-state index in [-0.39, 0.29) is 11.7 Å². The minimum atomic E-state index is -0.190. The Labute approximate surface area is 208 Å². The first kappa shape index (κ1) is 23.3. The third kappa shape index (κ3) is 4.72. The molecule has 0 saturated carbocycles. The van der Waals surface area contributed by atoms with Gasteiger partial charge >= 0.3 is 0 Å². The van der Waals surface area contributed by atoms with Crippen molar-refractivity contribution in [3.05, 3.63) is 99.3 Å². The van der Waals surface area contributed by atoms with E-state index in [1.54, 1.807) is 25.1 Å². The number of ether oxygens (including phenoxy) is 1. The SMILES string of the molecule is COc1ccccc1-n1nc(CN(C)C(=O)c2cccs2)c2c1CCN(Cc1ccccc1F)C2. The number of hydrogen-bond acceptors (Lipinski definition) is 5. The molecule has 0 saturated heterocycles. The topological polar surface area (TPSA) is 50.6 Å². The van der Waals surface area contributed by atoms with Crippen molar-refractivity contribution >= 4 is 17.2 Å². The van der Waals surface area contributed by atoms with Crippen LogP contribution in [0.1, 0.15) is 32.2 Å². The summed E-state index contributed by atoms with van der Waals surface area (Å²) in [5.74, 6) is 0.519. The monoisotopic (exact) mass is 490 g/mol. The zero-order valence-electron chi connectivity index (χ0n) is 19.8. The Kier molecular flexibility index (Phi) is 6.66. The van der Waals surface area contributed by atoms with Crippen LogP contribution < -0.4 is 4.74 Å². The third-order valence-corrected chi connectivity index (χ3v) is 7.21. The van der Waals surface area contributed by atoms with E-state index >= 15 is 0 Å². The minimum absolute atomic E-state index is 0.0281. The highest BCUT2D eigenvalue weighted by molar-refractivity contribution is 7.12. The van der Waals surface area contributed by atoms with E-state index in [1.807, 2.05) is 58.6 Å². The summed E-state index contributed by atoms with van der Waals surface area (Å²) in [6.07, 6.45) is 0.761. The smallest absolute Gasteiger partial charge is 0.264 e. The number of thiophene rings is 1. The molecule has 0 aliphatic carbocycles. The Morgan fingerprint density at radius 1 is 1.14 bits per heavy atom. The lowest BCUT2D eigenvalue weighted by Gasteiger charge is -2.28. The van der Waals surface area contributed by atoms with Crippen molar-refractivity contribution < 1.29 is 13.9 Å². The van der Waals surface area contributed by atoms with Crippen molar-refractivity contribution in [1.82, 2.24) is 19.6 Å². The largest absolute Gasteiger partial charge is 0.494 e. The molecule has 0 unspecified atom stereocenters. The lowest BCUT2D eigenvalue weighted by Crippen LogP contribution is -2.32. The first-order valence-corrected chi connectivity index (χ1v) is 12.4. The van der Waals surface area contributed by atoms with Gasteiger partial charge in [0.15, 0.2) is 0 Å². The number of rotatable bonds is 7. The molecule has 35 heavy (non-hydrogen) atoms. The molecule has 1 aliphatic rings. The maximum absolute atomic E-state index is 14.3. The van der Waals surface area contributed by atoms with Crippen LogP contribution in [0.3, 0.4) is 0 Å². The van der Waals surface area contributed by atoms with E-state index in [1.165, 1.54) is 17.4 Å². The van der Waals surface area contributed by atoms with Gasteiger partial charge in [-0.15, -0.1) is 11.3 Å². The summed E-state index contributed by atoms with van der Waals surface area (Å²) in [4.78, 5) is 17.6. The molecular formula is C27H27FN4O2S. The molecule has 0 fully saturated rings. The fourth-order valence-corrected chi connectivity index (χ4v) is 5.28. The summed E-state index contributed by atoms with van der Waals surface area (Å²) >= 11 is 1.43. The number of halogens is 1. The summed E-state index contributed by atoms with van der Waals surface area (Å²) in [6, 6.07) is 18.4. The summed E-state index contributed by atoms with van der Waals surface area (Å²) in [5, 5.41) is 6.88. The van der Waals surface area contributed by atoms with E-state index in [0.29, 0.717) is 30.1 Å². The molecule has 4 aromatic rings. The van der Waals surface area contributed by atoms with Gasteiger partial charge in [-0.2, -0.15) is 5.10 Å². The second-order valence-electron chi connectivity index (χ2n) is 8.65. The first-order valence-electron chi connectivity index (χ1n) is 11.5. The van der Waals surface area contributed by atoms with Gasteiger partial charge in [-0.1, -0.05) is 36.4 Å². The number of methoxy groups -OCH3 is 1. The molecule has 3 heterocycles. The molecule has 180 valence electrons. The lowest BCUT2D eigenvalue weighted by atomic mass is 10.0. The lowest BCUT2D eigenvalue weighted by molar-refractivity contribution is 0.0787. The number of nitrogens with zero attached hydrogens (tertiary/aromatic N) is 4. The van der Waals surface area contributed by atoms with Gasteiger partial charge in [-0.25, -0.2) is 9.07 Å². The molecule has 0 radical (unpaired) electrons.